The van der Waals surface area contributed by atoms with Crippen molar-refractivity contribution in [3.8, 4) is 0 Å². The maximum absolute atomic E-state index is 3.71. The van der Waals surface area contributed by atoms with Gasteiger partial charge in [0.15, 0.2) is 0 Å². The first-order valence-corrected chi connectivity index (χ1v) is 4.20. The zero-order valence-electron chi connectivity index (χ0n) is 7.59. The minimum atomic E-state index is 0.731. The molecule has 0 aliphatic rings. The zero-order valence-corrected chi connectivity index (χ0v) is 7.59. The minimum absolute atomic E-state index is 0.731. The monoisotopic (exact) mass is 150 g/mol. The molecule has 0 fully saturated rings. The second-order valence-corrected chi connectivity index (χ2v) is 2.82. The topological polar surface area (TPSA) is 0 Å². The van der Waals surface area contributed by atoms with Crippen molar-refractivity contribution in [1.29, 1.82) is 0 Å². The first-order valence-electron chi connectivity index (χ1n) is 4.20. The number of hydrogen-bond acceptors (Lipinski definition) is 0. The van der Waals surface area contributed by atoms with Crippen LogP contribution in [0.3, 0.4) is 0 Å². The van der Waals surface area contributed by atoms with Gasteiger partial charge < -0.3 is 0 Å². The van der Waals surface area contributed by atoms with Gasteiger partial charge in [-0.1, -0.05) is 37.3 Å². The highest BCUT2D eigenvalue weighted by atomic mass is 14.0. The van der Waals surface area contributed by atoms with Gasteiger partial charge in [-0.3, -0.25) is 0 Å². The Morgan fingerprint density at radius 2 is 2.00 bits per heavy atom. The van der Waals surface area contributed by atoms with E-state index in [1.807, 2.05) is 19.1 Å². The van der Waals surface area contributed by atoms with Gasteiger partial charge in [0, 0.05) is 0 Å². The summed E-state index contributed by atoms with van der Waals surface area (Å²) >= 11 is 0. The van der Waals surface area contributed by atoms with E-state index < -0.39 is 0 Å². The molecule has 0 saturated heterocycles. The van der Waals surface area contributed by atoms with Crippen LogP contribution in [0.5, 0.6) is 0 Å². The van der Waals surface area contributed by atoms with Gasteiger partial charge in [0.1, 0.15) is 0 Å². The molecule has 0 N–H and O–H groups in total. The zero-order chi connectivity index (χ0) is 8.53. The smallest absolute Gasteiger partial charge is 0.0319 e. The van der Waals surface area contributed by atoms with E-state index in [1.54, 1.807) is 0 Å². The molecule has 0 amide bonds. The standard InChI is InChI=1S/C11H18/c1-4-6-7-8-10-11(3)9-5-2/h4-8,11H,2,9-10H2,1,3H3. The normalized spacial score (nSPS) is 14.4. The molecule has 0 bridgehead atoms. The maximum Gasteiger partial charge on any atom is -0.0319 e. The van der Waals surface area contributed by atoms with E-state index in [0.29, 0.717) is 0 Å². The summed E-state index contributed by atoms with van der Waals surface area (Å²) in [5.74, 6) is 0.731. The summed E-state index contributed by atoms with van der Waals surface area (Å²) in [6.07, 6.45) is 12.6. The summed E-state index contributed by atoms with van der Waals surface area (Å²) in [5, 5.41) is 0. The Labute approximate surface area is 70.3 Å². The number of hydrogen-bond donors (Lipinski definition) is 0. The van der Waals surface area contributed by atoms with Gasteiger partial charge in [0.2, 0.25) is 0 Å². The number of allylic oxidation sites excluding steroid dienone is 5. The summed E-state index contributed by atoms with van der Waals surface area (Å²) in [6.45, 7) is 7.97. The highest BCUT2D eigenvalue weighted by Gasteiger charge is 1.93. The lowest BCUT2D eigenvalue weighted by Crippen LogP contribution is -1.88. The lowest BCUT2D eigenvalue weighted by molar-refractivity contribution is 0.604. The Hall–Kier alpha value is -0.780. The Balaban J connectivity index is 3.43. The van der Waals surface area contributed by atoms with Crippen molar-refractivity contribution >= 4 is 0 Å². The van der Waals surface area contributed by atoms with Crippen molar-refractivity contribution in [1.82, 2.24) is 0 Å². The molecule has 1 unspecified atom stereocenters. The van der Waals surface area contributed by atoms with E-state index in [4.69, 9.17) is 0 Å². The average molecular weight is 150 g/mol. The van der Waals surface area contributed by atoms with Gasteiger partial charge in [0.25, 0.3) is 0 Å². The highest BCUT2D eigenvalue weighted by Crippen LogP contribution is 2.07. The molecule has 0 aliphatic heterocycles. The highest BCUT2D eigenvalue weighted by molar-refractivity contribution is 5.01. The average Bonchev–Trinajstić information content (AvgIpc) is 1.99. The van der Waals surface area contributed by atoms with Gasteiger partial charge in [0.05, 0.1) is 0 Å². The predicted octanol–water partition coefficient (Wildman–Crippen LogP) is 3.72. The van der Waals surface area contributed by atoms with Crippen LogP contribution in [0.25, 0.3) is 0 Å². The van der Waals surface area contributed by atoms with Gasteiger partial charge in [-0.2, -0.15) is 0 Å². The third-order valence-electron chi connectivity index (χ3n) is 1.55. The Kier molecular flexibility index (Phi) is 6.81. The first kappa shape index (κ1) is 10.2. The van der Waals surface area contributed by atoms with E-state index in [0.717, 1.165) is 18.8 Å². The van der Waals surface area contributed by atoms with Gasteiger partial charge in [-0.15, -0.1) is 6.58 Å². The van der Waals surface area contributed by atoms with Crippen LogP contribution < -0.4 is 0 Å². The molecule has 0 radical (unpaired) electrons. The molecule has 62 valence electrons. The van der Waals surface area contributed by atoms with Gasteiger partial charge >= 0.3 is 0 Å². The van der Waals surface area contributed by atoms with Crippen molar-refractivity contribution in [3.63, 3.8) is 0 Å². The molecule has 0 heteroatoms. The quantitative estimate of drug-likeness (QED) is 0.414. The SMILES string of the molecule is C=CCC(C)CC=CC=CC. The van der Waals surface area contributed by atoms with Crippen LogP contribution in [0.2, 0.25) is 0 Å². The molecule has 0 saturated carbocycles. The van der Waals surface area contributed by atoms with Crippen molar-refractivity contribution < 1.29 is 0 Å². The third kappa shape index (κ3) is 7.11. The molecule has 0 heterocycles. The van der Waals surface area contributed by atoms with Gasteiger partial charge in [-0.25, -0.2) is 0 Å². The predicted molar refractivity (Wildman–Crippen MR) is 52.5 cm³/mol. The second-order valence-electron chi connectivity index (χ2n) is 2.82. The molecular weight excluding hydrogens is 132 g/mol. The molecule has 11 heavy (non-hydrogen) atoms. The fourth-order valence-electron chi connectivity index (χ4n) is 0.881. The number of rotatable bonds is 5. The van der Waals surface area contributed by atoms with E-state index in [9.17, 15) is 0 Å². The van der Waals surface area contributed by atoms with Crippen LogP contribution in [-0.2, 0) is 0 Å². The van der Waals surface area contributed by atoms with E-state index in [1.165, 1.54) is 0 Å². The molecule has 0 aromatic carbocycles. The van der Waals surface area contributed by atoms with Crippen molar-refractivity contribution in [2.45, 2.75) is 26.7 Å². The van der Waals surface area contributed by atoms with Crippen molar-refractivity contribution in [2.75, 3.05) is 0 Å². The summed E-state index contributed by atoms with van der Waals surface area (Å²) in [4.78, 5) is 0. The molecule has 0 spiro atoms. The lowest BCUT2D eigenvalue weighted by atomic mass is 10.0. The first-order chi connectivity index (χ1) is 5.31. The summed E-state index contributed by atoms with van der Waals surface area (Å²) < 4.78 is 0. The van der Waals surface area contributed by atoms with E-state index in [-0.39, 0.29) is 0 Å². The van der Waals surface area contributed by atoms with Crippen LogP contribution in [0.1, 0.15) is 26.7 Å². The summed E-state index contributed by atoms with van der Waals surface area (Å²) in [7, 11) is 0. The second kappa shape index (κ2) is 7.33. The molecule has 0 aromatic rings. The third-order valence-corrected chi connectivity index (χ3v) is 1.55. The van der Waals surface area contributed by atoms with Crippen molar-refractivity contribution in [3.05, 3.63) is 37.0 Å². The van der Waals surface area contributed by atoms with Gasteiger partial charge in [-0.05, 0) is 25.7 Å². The molecular formula is C11H18. The van der Waals surface area contributed by atoms with Crippen LogP contribution in [-0.4, -0.2) is 0 Å². The Bertz CT molecular complexity index is 140. The largest absolute Gasteiger partial charge is 0.103 e. The molecule has 0 nitrogen and oxygen atoms in total. The van der Waals surface area contributed by atoms with Crippen molar-refractivity contribution in [2.24, 2.45) is 5.92 Å². The molecule has 0 aliphatic carbocycles. The molecule has 1 atom stereocenters. The molecule has 0 rings (SSSR count). The Morgan fingerprint density at radius 1 is 1.27 bits per heavy atom. The summed E-state index contributed by atoms with van der Waals surface area (Å²) in [6, 6.07) is 0. The Morgan fingerprint density at radius 3 is 2.55 bits per heavy atom. The van der Waals surface area contributed by atoms with Crippen LogP contribution >= 0.6 is 0 Å². The minimum Gasteiger partial charge on any atom is -0.103 e. The maximum atomic E-state index is 3.71. The van der Waals surface area contributed by atoms with Crippen LogP contribution in [0.4, 0.5) is 0 Å². The summed E-state index contributed by atoms with van der Waals surface area (Å²) in [5.41, 5.74) is 0. The van der Waals surface area contributed by atoms with Crippen LogP contribution in [0, 0.1) is 5.92 Å². The van der Waals surface area contributed by atoms with E-state index >= 15 is 0 Å². The lowest BCUT2D eigenvalue weighted by Gasteiger charge is -2.02. The molecule has 0 aromatic heterocycles. The fraction of sp³-hybridized carbons (Fsp3) is 0.455. The van der Waals surface area contributed by atoms with Crippen LogP contribution in [0.15, 0.2) is 37.0 Å². The fourth-order valence-corrected chi connectivity index (χ4v) is 0.881. The van der Waals surface area contributed by atoms with E-state index in [2.05, 4.69) is 31.7 Å².